The molecule has 21 heteroatoms. The number of ether oxygens (including phenoxy) is 2. The molecule has 0 aliphatic carbocycles. The number of carboxylic acid groups (broad SMARTS) is 3. The zero-order chi connectivity index (χ0) is 36.0. The van der Waals surface area contributed by atoms with Crippen molar-refractivity contribution in [3.63, 3.8) is 0 Å². The van der Waals surface area contributed by atoms with Crippen LogP contribution >= 0.6 is 0 Å². The van der Waals surface area contributed by atoms with Gasteiger partial charge in [-0.3, -0.25) is 9.88 Å². The van der Waals surface area contributed by atoms with Crippen molar-refractivity contribution < 1.29 is 78.7 Å². The molecule has 0 spiro atoms. The van der Waals surface area contributed by atoms with Gasteiger partial charge in [-0.05, 0) is 30.9 Å². The summed E-state index contributed by atoms with van der Waals surface area (Å²) < 4.78 is 109. The Kier molecular flexibility index (Phi) is 16.1. The lowest BCUT2D eigenvalue weighted by molar-refractivity contribution is -0.193. The molecule has 2 aliphatic heterocycles. The maximum absolute atomic E-state index is 10.6. The number of pyridine rings is 1. The van der Waals surface area contributed by atoms with Gasteiger partial charge in [-0.25, -0.2) is 19.4 Å². The van der Waals surface area contributed by atoms with Gasteiger partial charge in [0.2, 0.25) is 0 Å². The largest absolute Gasteiger partial charge is 0.490 e. The Morgan fingerprint density at radius 1 is 0.872 bits per heavy atom. The predicted molar refractivity (Wildman–Crippen MR) is 140 cm³/mol. The normalized spacial score (nSPS) is 17.0. The summed E-state index contributed by atoms with van der Waals surface area (Å²) >= 11 is 0. The molecule has 1 saturated heterocycles. The van der Waals surface area contributed by atoms with Gasteiger partial charge in [0.05, 0.1) is 24.3 Å². The molecule has 1 fully saturated rings. The zero-order valence-corrected chi connectivity index (χ0v) is 24.5. The van der Waals surface area contributed by atoms with Crippen LogP contribution in [0.15, 0.2) is 30.7 Å². The van der Waals surface area contributed by atoms with E-state index in [-0.39, 0.29) is 0 Å². The second-order valence-electron chi connectivity index (χ2n) is 9.88. The van der Waals surface area contributed by atoms with Crippen LogP contribution in [0, 0.1) is 5.92 Å². The quantitative estimate of drug-likeness (QED) is 0.370. The predicted octanol–water partition coefficient (Wildman–Crippen LogP) is 4.26. The number of aromatic nitrogens is 3. The maximum atomic E-state index is 10.6. The van der Waals surface area contributed by atoms with Crippen LogP contribution in [0.4, 0.5) is 39.5 Å². The number of alkyl halides is 9. The van der Waals surface area contributed by atoms with E-state index >= 15 is 0 Å². The molecule has 0 aromatic carbocycles. The summed E-state index contributed by atoms with van der Waals surface area (Å²) in [5, 5.41) is 21.4. The molecule has 12 nitrogen and oxygen atoms in total. The number of fused-ring (bicyclic) bond motifs is 1. The molecule has 0 saturated carbocycles. The number of hydrogen-bond acceptors (Lipinski definition) is 8. The minimum atomic E-state index is -5.08. The SMILES string of the molecule is Cn1cnc2c1C(COCC1CCOCC1)CN(Cc1ccccn1)C2.O=C(O)C(F)(F)F.O=C(O)C(F)(F)F.O=C(O)C(F)(F)F. The van der Waals surface area contributed by atoms with Crippen LogP contribution in [0.5, 0.6) is 0 Å². The second-order valence-corrected chi connectivity index (χ2v) is 9.88. The standard InChI is InChI=1S/C20H28N4O2.3C2HF3O2/c1-23-15-22-19-12-24(11-18-4-2-3-7-21-18)10-17(20(19)23)14-26-13-16-5-8-25-9-6-16;3*3-2(4,5)1(6)7/h2-4,7,15-17H,5-6,8-14H2,1H3;3*(H,6,7). The summed E-state index contributed by atoms with van der Waals surface area (Å²) in [7, 11) is 2.09. The first kappa shape index (κ1) is 41.0. The van der Waals surface area contributed by atoms with Crippen LogP contribution in [-0.4, -0.2) is 104 Å². The van der Waals surface area contributed by atoms with Gasteiger partial charge >= 0.3 is 36.4 Å². The van der Waals surface area contributed by atoms with Gasteiger partial charge in [-0.1, -0.05) is 6.07 Å². The molecule has 0 amide bonds. The van der Waals surface area contributed by atoms with Crippen molar-refractivity contribution in [2.24, 2.45) is 13.0 Å². The van der Waals surface area contributed by atoms with Crippen molar-refractivity contribution in [1.82, 2.24) is 19.4 Å². The molecule has 1 unspecified atom stereocenters. The van der Waals surface area contributed by atoms with E-state index in [0.29, 0.717) is 11.8 Å². The first-order valence-electron chi connectivity index (χ1n) is 13.3. The number of aryl methyl sites for hydroxylation is 1. The lowest BCUT2D eigenvalue weighted by atomic mass is 9.98. The Morgan fingerprint density at radius 3 is 1.83 bits per heavy atom. The number of aliphatic carboxylic acids is 3. The summed E-state index contributed by atoms with van der Waals surface area (Å²) in [6.45, 7) is 6.06. The van der Waals surface area contributed by atoms with E-state index in [0.717, 1.165) is 64.6 Å². The number of imidazole rings is 1. The Morgan fingerprint density at radius 2 is 1.38 bits per heavy atom. The molecule has 0 radical (unpaired) electrons. The highest BCUT2D eigenvalue weighted by molar-refractivity contribution is 5.73. The molecule has 3 N–H and O–H groups in total. The van der Waals surface area contributed by atoms with Crippen LogP contribution in [0.25, 0.3) is 0 Å². The van der Waals surface area contributed by atoms with Crippen molar-refractivity contribution >= 4 is 17.9 Å². The fourth-order valence-electron chi connectivity index (χ4n) is 4.07. The fraction of sp³-hybridized carbons (Fsp3) is 0.577. The second kappa shape index (κ2) is 18.4. The molecule has 0 bridgehead atoms. The number of halogens is 9. The topological polar surface area (TPSA) is 164 Å². The van der Waals surface area contributed by atoms with E-state index in [9.17, 15) is 39.5 Å². The summed E-state index contributed by atoms with van der Waals surface area (Å²) in [5.74, 6) is -7.27. The molecule has 4 heterocycles. The number of nitrogens with zero attached hydrogens (tertiary/aromatic N) is 4. The highest BCUT2D eigenvalue weighted by atomic mass is 19.4. The molecular formula is C26H31F9N4O8. The van der Waals surface area contributed by atoms with Crippen LogP contribution in [0.2, 0.25) is 0 Å². The third kappa shape index (κ3) is 15.9. The lowest BCUT2D eigenvalue weighted by Gasteiger charge is -2.33. The summed E-state index contributed by atoms with van der Waals surface area (Å²) in [6, 6.07) is 6.10. The average molecular weight is 699 g/mol. The number of carboxylic acids is 3. The number of hydrogen-bond donors (Lipinski definition) is 3. The number of carbonyl (C=O) groups is 3. The molecule has 4 rings (SSSR count). The fourth-order valence-corrected chi connectivity index (χ4v) is 4.07. The van der Waals surface area contributed by atoms with E-state index in [1.54, 1.807) is 0 Å². The average Bonchev–Trinajstić information content (AvgIpc) is 3.34. The lowest BCUT2D eigenvalue weighted by Crippen LogP contribution is -2.36. The van der Waals surface area contributed by atoms with Crippen LogP contribution in [0.1, 0.15) is 35.8 Å². The Hall–Kier alpha value is -3.98. The van der Waals surface area contributed by atoms with Crippen molar-refractivity contribution in [2.75, 3.05) is 33.0 Å². The van der Waals surface area contributed by atoms with Crippen LogP contribution in [0.3, 0.4) is 0 Å². The van der Waals surface area contributed by atoms with E-state index < -0.39 is 36.4 Å². The van der Waals surface area contributed by atoms with E-state index in [1.165, 1.54) is 11.4 Å². The Balaban J connectivity index is 0.000000430. The zero-order valence-electron chi connectivity index (χ0n) is 24.5. The first-order valence-corrected chi connectivity index (χ1v) is 13.3. The molecule has 2 aromatic rings. The van der Waals surface area contributed by atoms with Crippen molar-refractivity contribution in [2.45, 2.75) is 50.4 Å². The van der Waals surface area contributed by atoms with Gasteiger partial charge in [0.1, 0.15) is 0 Å². The van der Waals surface area contributed by atoms with E-state index in [1.807, 2.05) is 24.7 Å². The van der Waals surface area contributed by atoms with Crippen molar-refractivity contribution in [3.8, 4) is 0 Å². The maximum Gasteiger partial charge on any atom is 0.490 e. The van der Waals surface area contributed by atoms with Gasteiger partial charge in [-0.2, -0.15) is 39.5 Å². The summed E-state index contributed by atoms with van der Waals surface area (Å²) in [6.07, 6.45) is -9.22. The van der Waals surface area contributed by atoms with Crippen molar-refractivity contribution in [1.29, 1.82) is 0 Å². The third-order valence-electron chi connectivity index (χ3n) is 6.15. The molecule has 47 heavy (non-hydrogen) atoms. The molecular weight excluding hydrogens is 667 g/mol. The summed E-state index contributed by atoms with van der Waals surface area (Å²) in [5.41, 5.74) is 3.61. The van der Waals surface area contributed by atoms with E-state index in [4.69, 9.17) is 39.2 Å². The minimum absolute atomic E-state index is 0.356. The molecule has 266 valence electrons. The Bertz CT molecular complexity index is 1210. The Labute approximate surface area is 260 Å². The van der Waals surface area contributed by atoms with Crippen LogP contribution in [-0.2, 0) is 44.0 Å². The van der Waals surface area contributed by atoms with E-state index in [2.05, 4.69) is 32.5 Å². The van der Waals surface area contributed by atoms with Gasteiger partial charge in [-0.15, -0.1) is 0 Å². The monoisotopic (exact) mass is 698 g/mol. The third-order valence-corrected chi connectivity index (χ3v) is 6.15. The molecule has 2 aromatic heterocycles. The highest BCUT2D eigenvalue weighted by Crippen LogP contribution is 2.29. The van der Waals surface area contributed by atoms with Gasteiger partial charge in [0.15, 0.2) is 0 Å². The highest BCUT2D eigenvalue weighted by Gasteiger charge is 2.39. The van der Waals surface area contributed by atoms with Gasteiger partial charge in [0, 0.05) is 64.3 Å². The van der Waals surface area contributed by atoms with Gasteiger partial charge < -0.3 is 29.4 Å². The number of rotatable bonds is 6. The summed E-state index contributed by atoms with van der Waals surface area (Å²) in [4.78, 5) is 38.2. The van der Waals surface area contributed by atoms with Crippen molar-refractivity contribution in [3.05, 3.63) is 47.8 Å². The first-order chi connectivity index (χ1) is 21.6. The minimum Gasteiger partial charge on any atom is -0.475 e. The smallest absolute Gasteiger partial charge is 0.475 e. The van der Waals surface area contributed by atoms with Crippen LogP contribution < -0.4 is 0 Å². The molecule has 1 atom stereocenters. The van der Waals surface area contributed by atoms with Gasteiger partial charge in [0.25, 0.3) is 0 Å². The molecule has 2 aliphatic rings.